The van der Waals surface area contributed by atoms with Gasteiger partial charge in [-0.1, -0.05) is 6.07 Å². The van der Waals surface area contributed by atoms with E-state index in [0.717, 1.165) is 29.5 Å². The van der Waals surface area contributed by atoms with Crippen LogP contribution in [0.2, 0.25) is 0 Å². The summed E-state index contributed by atoms with van der Waals surface area (Å²) in [7, 11) is -3.61. The molecule has 1 aromatic carbocycles. The minimum Gasteiger partial charge on any atom is -0.377 e. The summed E-state index contributed by atoms with van der Waals surface area (Å²) in [5.74, 6) is -0.0662. The van der Waals surface area contributed by atoms with Crippen molar-refractivity contribution in [3.8, 4) is 0 Å². The molecule has 2 aliphatic rings. The fraction of sp³-hybridized carbons (Fsp3) is 0.450. The molecule has 1 saturated heterocycles. The summed E-state index contributed by atoms with van der Waals surface area (Å²) in [6, 6.07) is 7.01. The van der Waals surface area contributed by atoms with Crippen LogP contribution in [0.25, 0.3) is 0 Å². The Bertz CT molecular complexity index is 977. The van der Waals surface area contributed by atoms with Crippen LogP contribution in [-0.2, 0) is 27.7 Å². The lowest BCUT2D eigenvalue weighted by Gasteiger charge is -2.29. The Kier molecular flexibility index (Phi) is 5.27. The summed E-state index contributed by atoms with van der Waals surface area (Å²) in [5, 5.41) is 0. The van der Waals surface area contributed by atoms with Crippen LogP contribution in [-0.4, -0.2) is 50.0 Å². The Morgan fingerprint density at radius 3 is 2.89 bits per heavy atom. The molecule has 8 heteroatoms. The topological polar surface area (TPSA) is 91.5 Å². The number of aromatic amines is 1. The number of sulfonamides is 1. The van der Waals surface area contributed by atoms with Crippen LogP contribution in [0, 0.1) is 6.92 Å². The smallest absolute Gasteiger partial charge is 0.270 e. The zero-order valence-corrected chi connectivity index (χ0v) is 16.7. The average Bonchev–Trinajstić information content (AvgIpc) is 3.36. The van der Waals surface area contributed by atoms with Gasteiger partial charge in [-0.2, -0.15) is 0 Å². The molecule has 0 bridgehead atoms. The lowest BCUT2D eigenvalue weighted by Crippen LogP contribution is -2.36. The first kappa shape index (κ1) is 19.2. The molecular formula is C20H25N3O4S. The number of ether oxygens (including phenoxy) is 1. The lowest BCUT2D eigenvalue weighted by atomic mass is 9.99. The summed E-state index contributed by atoms with van der Waals surface area (Å²) in [5.41, 5.74) is 3.53. The fourth-order valence-corrected chi connectivity index (χ4v) is 4.88. The van der Waals surface area contributed by atoms with Gasteiger partial charge in [0.2, 0.25) is 10.0 Å². The number of carbonyl (C=O) groups excluding carboxylic acids is 1. The number of H-pyrrole nitrogens is 1. The molecule has 4 rings (SSSR count). The van der Waals surface area contributed by atoms with Crippen LogP contribution >= 0.6 is 0 Å². The molecular weight excluding hydrogens is 378 g/mol. The molecule has 150 valence electrons. The number of amides is 1. The molecule has 0 aliphatic carbocycles. The van der Waals surface area contributed by atoms with Crippen molar-refractivity contribution in [2.75, 3.05) is 19.7 Å². The van der Waals surface area contributed by atoms with E-state index in [-0.39, 0.29) is 23.5 Å². The summed E-state index contributed by atoms with van der Waals surface area (Å²) in [6.07, 6.45) is 4.31. The lowest BCUT2D eigenvalue weighted by molar-refractivity contribution is 0.0729. The number of nitrogens with zero attached hydrogens (tertiary/aromatic N) is 1. The van der Waals surface area contributed by atoms with E-state index in [4.69, 9.17) is 4.74 Å². The van der Waals surface area contributed by atoms with Crippen molar-refractivity contribution in [2.45, 2.75) is 43.7 Å². The molecule has 2 aliphatic heterocycles. The van der Waals surface area contributed by atoms with Crippen LogP contribution in [0.5, 0.6) is 0 Å². The van der Waals surface area contributed by atoms with E-state index in [2.05, 4.69) is 9.71 Å². The van der Waals surface area contributed by atoms with Crippen LogP contribution in [0.4, 0.5) is 0 Å². The van der Waals surface area contributed by atoms with Gasteiger partial charge < -0.3 is 14.6 Å². The van der Waals surface area contributed by atoms with Crippen molar-refractivity contribution in [3.63, 3.8) is 0 Å². The highest BCUT2D eigenvalue weighted by Gasteiger charge is 2.25. The van der Waals surface area contributed by atoms with E-state index in [1.54, 1.807) is 23.2 Å². The summed E-state index contributed by atoms with van der Waals surface area (Å²) in [6.45, 7) is 3.93. The molecule has 0 saturated carbocycles. The molecule has 1 fully saturated rings. The van der Waals surface area contributed by atoms with Crippen molar-refractivity contribution in [2.24, 2.45) is 0 Å². The maximum Gasteiger partial charge on any atom is 0.270 e. The van der Waals surface area contributed by atoms with E-state index in [1.165, 1.54) is 0 Å². The molecule has 1 unspecified atom stereocenters. The molecule has 2 aromatic rings. The second-order valence-electron chi connectivity index (χ2n) is 7.48. The highest BCUT2D eigenvalue weighted by atomic mass is 32.2. The van der Waals surface area contributed by atoms with Gasteiger partial charge in [-0.3, -0.25) is 4.79 Å². The highest BCUT2D eigenvalue weighted by Crippen LogP contribution is 2.24. The first-order valence-corrected chi connectivity index (χ1v) is 11.1. The Labute approximate surface area is 165 Å². The minimum atomic E-state index is -3.61. The summed E-state index contributed by atoms with van der Waals surface area (Å²) in [4.78, 5) is 17.7. The number of hydrogen-bond acceptors (Lipinski definition) is 4. The average molecular weight is 404 g/mol. The second-order valence-corrected chi connectivity index (χ2v) is 9.25. The van der Waals surface area contributed by atoms with Gasteiger partial charge in [0.15, 0.2) is 0 Å². The van der Waals surface area contributed by atoms with E-state index in [1.807, 2.05) is 19.1 Å². The van der Waals surface area contributed by atoms with Crippen molar-refractivity contribution < 1.29 is 17.9 Å². The number of hydrogen-bond donors (Lipinski definition) is 2. The van der Waals surface area contributed by atoms with Gasteiger partial charge in [-0.15, -0.1) is 0 Å². The molecule has 28 heavy (non-hydrogen) atoms. The van der Waals surface area contributed by atoms with Gasteiger partial charge in [0.25, 0.3) is 5.91 Å². The Balaban J connectivity index is 1.49. The number of aryl methyl sites for hydroxylation is 1. The number of benzene rings is 1. The van der Waals surface area contributed by atoms with E-state index in [0.29, 0.717) is 31.8 Å². The second kappa shape index (κ2) is 7.69. The van der Waals surface area contributed by atoms with Crippen molar-refractivity contribution in [3.05, 3.63) is 52.8 Å². The van der Waals surface area contributed by atoms with Gasteiger partial charge in [0, 0.05) is 32.4 Å². The van der Waals surface area contributed by atoms with Crippen LogP contribution in [0.3, 0.4) is 0 Å². The number of fused-ring (bicyclic) bond motifs is 1. The molecule has 2 N–H and O–H groups in total. The summed E-state index contributed by atoms with van der Waals surface area (Å²) >= 11 is 0. The number of nitrogens with one attached hydrogen (secondary N) is 2. The molecule has 0 radical (unpaired) electrons. The molecule has 7 nitrogen and oxygen atoms in total. The molecule has 3 heterocycles. The van der Waals surface area contributed by atoms with Gasteiger partial charge in [-0.25, -0.2) is 13.1 Å². The maximum absolute atomic E-state index is 12.7. The zero-order valence-electron chi connectivity index (χ0n) is 15.9. The van der Waals surface area contributed by atoms with E-state index < -0.39 is 10.0 Å². The quantitative estimate of drug-likeness (QED) is 0.799. The number of carbonyl (C=O) groups is 1. The SMILES string of the molecule is Cc1c[nH]c(C(=O)N2CCc3ccc(S(=O)(=O)NCC4CCCO4)cc3C2)c1. The van der Waals surface area contributed by atoms with Crippen LogP contribution in [0.1, 0.15) is 40.0 Å². The molecule has 1 amide bonds. The van der Waals surface area contributed by atoms with Crippen LogP contribution in [0.15, 0.2) is 35.4 Å². The third kappa shape index (κ3) is 3.99. The molecule has 1 atom stereocenters. The van der Waals surface area contributed by atoms with Crippen molar-refractivity contribution >= 4 is 15.9 Å². The van der Waals surface area contributed by atoms with Gasteiger partial charge in [-0.05, 0) is 61.1 Å². The third-order valence-corrected chi connectivity index (χ3v) is 6.79. The monoisotopic (exact) mass is 403 g/mol. The van der Waals surface area contributed by atoms with Crippen molar-refractivity contribution in [1.82, 2.24) is 14.6 Å². The Morgan fingerprint density at radius 1 is 1.32 bits per heavy atom. The predicted octanol–water partition coefficient (Wildman–Crippen LogP) is 1.98. The zero-order chi connectivity index (χ0) is 19.7. The van der Waals surface area contributed by atoms with Crippen molar-refractivity contribution in [1.29, 1.82) is 0 Å². The fourth-order valence-electron chi connectivity index (χ4n) is 3.76. The van der Waals surface area contributed by atoms with Crippen LogP contribution < -0.4 is 4.72 Å². The first-order valence-electron chi connectivity index (χ1n) is 9.60. The van der Waals surface area contributed by atoms with E-state index in [9.17, 15) is 13.2 Å². The Hall–Kier alpha value is -2.16. The number of aromatic nitrogens is 1. The molecule has 0 spiro atoms. The van der Waals surface area contributed by atoms with Gasteiger partial charge in [0.1, 0.15) is 5.69 Å². The third-order valence-electron chi connectivity index (χ3n) is 5.37. The summed E-state index contributed by atoms with van der Waals surface area (Å²) < 4.78 is 33.5. The minimum absolute atomic E-state index is 0.0511. The largest absolute Gasteiger partial charge is 0.377 e. The Morgan fingerprint density at radius 2 is 2.18 bits per heavy atom. The standard InChI is InChI=1S/C20H25N3O4S/c1-14-9-19(21-11-14)20(24)23-7-6-15-4-5-18(10-16(15)13-23)28(25,26)22-12-17-3-2-8-27-17/h4-5,9-11,17,21-22H,2-3,6-8,12-13H2,1H3. The predicted molar refractivity (Wildman–Crippen MR) is 105 cm³/mol. The molecule has 1 aromatic heterocycles. The normalized spacial score (nSPS) is 19.6. The first-order chi connectivity index (χ1) is 13.4. The van der Waals surface area contributed by atoms with E-state index >= 15 is 0 Å². The maximum atomic E-state index is 12.7. The number of rotatable bonds is 5. The highest BCUT2D eigenvalue weighted by molar-refractivity contribution is 7.89. The van der Waals surface area contributed by atoms with Gasteiger partial charge in [0.05, 0.1) is 11.0 Å². The van der Waals surface area contributed by atoms with Gasteiger partial charge >= 0.3 is 0 Å².